The molecule has 4 N–H and O–H groups in total. The summed E-state index contributed by atoms with van der Waals surface area (Å²) in [5.74, 6) is 5.49. The van der Waals surface area contributed by atoms with Gasteiger partial charge >= 0.3 is 0 Å². The fourth-order valence-electron chi connectivity index (χ4n) is 1.84. The molecule has 0 heterocycles. The van der Waals surface area contributed by atoms with Gasteiger partial charge in [0.05, 0.1) is 10.5 Å². The summed E-state index contributed by atoms with van der Waals surface area (Å²) in [6.45, 7) is 4.75. The summed E-state index contributed by atoms with van der Waals surface area (Å²) in [6.07, 6.45) is 1.88. The largest absolute Gasteiger partial charge is 0.352 e. The molecule has 1 rings (SSSR count). The lowest BCUT2D eigenvalue weighted by atomic mass is 10.1. The zero-order valence-electron chi connectivity index (χ0n) is 11.7. The number of amides is 1. The second kappa shape index (κ2) is 7.44. The SMILES string of the molecule is CC(C)CCCNC(=O)c1cccc([N+](=O)[O-])c1NN. The number of benzene rings is 1. The Kier molecular flexibility index (Phi) is 5.92. The van der Waals surface area contributed by atoms with E-state index in [-0.39, 0.29) is 22.8 Å². The number of anilines is 1. The number of nitrogens with zero attached hydrogens (tertiary/aromatic N) is 1. The van der Waals surface area contributed by atoms with Gasteiger partial charge in [0.25, 0.3) is 11.6 Å². The van der Waals surface area contributed by atoms with Gasteiger partial charge in [0, 0.05) is 12.6 Å². The number of carbonyl (C=O) groups excluding carboxylic acids is 1. The van der Waals surface area contributed by atoms with Crippen molar-refractivity contribution in [3.8, 4) is 0 Å². The number of hydrogen-bond donors (Lipinski definition) is 3. The molecule has 7 nitrogen and oxygen atoms in total. The minimum Gasteiger partial charge on any atom is -0.352 e. The summed E-state index contributed by atoms with van der Waals surface area (Å²) >= 11 is 0. The van der Waals surface area contributed by atoms with Gasteiger partial charge in [0.15, 0.2) is 0 Å². The number of nitro groups is 1. The first-order valence-corrected chi connectivity index (χ1v) is 6.49. The van der Waals surface area contributed by atoms with Crippen LogP contribution in [0, 0.1) is 16.0 Å². The molecule has 7 heteroatoms. The van der Waals surface area contributed by atoms with Crippen molar-refractivity contribution in [2.24, 2.45) is 11.8 Å². The quantitative estimate of drug-likeness (QED) is 0.306. The van der Waals surface area contributed by atoms with Crippen molar-refractivity contribution < 1.29 is 9.72 Å². The summed E-state index contributed by atoms with van der Waals surface area (Å²) in [5, 5.41) is 13.6. The van der Waals surface area contributed by atoms with Gasteiger partial charge in [-0.1, -0.05) is 19.9 Å². The predicted octanol–water partition coefficient (Wildman–Crippen LogP) is 2.05. The van der Waals surface area contributed by atoms with E-state index in [1.54, 1.807) is 0 Å². The van der Waals surface area contributed by atoms with Gasteiger partial charge in [-0.2, -0.15) is 0 Å². The van der Waals surface area contributed by atoms with Crippen molar-refractivity contribution >= 4 is 17.3 Å². The highest BCUT2D eigenvalue weighted by Gasteiger charge is 2.20. The summed E-state index contributed by atoms with van der Waals surface area (Å²) in [7, 11) is 0. The summed E-state index contributed by atoms with van der Waals surface area (Å²) in [4.78, 5) is 22.3. The van der Waals surface area contributed by atoms with Crippen LogP contribution in [0.1, 0.15) is 37.0 Å². The number of para-hydroxylation sites is 1. The van der Waals surface area contributed by atoms with Crippen LogP contribution in [0.2, 0.25) is 0 Å². The van der Waals surface area contributed by atoms with E-state index < -0.39 is 4.92 Å². The van der Waals surface area contributed by atoms with E-state index in [1.165, 1.54) is 18.2 Å². The molecule has 1 aromatic carbocycles. The highest BCUT2D eigenvalue weighted by molar-refractivity contribution is 6.01. The van der Waals surface area contributed by atoms with Crippen LogP contribution in [-0.4, -0.2) is 17.4 Å². The molecule has 1 amide bonds. The molecule has 0 saturated carbocycles. The molecule has 110 valence electrons. The molecular weight excluding hydrogens is 260 g/mol. The monoisotopic (exact) mass is 280 g/mol. The van der Waals surface area contributed by atoms with Gasteiger partial charge < -0.3 is 10.7 Å². The van der Waals surface area contributed by atoms with Gasteiger partial charge in [0.2, 0.25) is 0 Å². The number of hydrazine groups is 1. The molecule has 0 fully saturated rings. The lowest BCUT2D eigenvalue weighted by Gasteiger charge is -2.10. The minimum absolute atomic E-state index is 0.0267. The molecule has 0 aliphatic heterocycles. The Morgan fingerprint density at radius 1 is 1.45 bits per heavy atom. The third-order valence-electron chi connectivity index (χ3n) is 2.87. The Balaban J connectivity index is 2.77. The first-order valence-electron chi connectivity index (χ1n) is 6.49. The van der Waals surface area contributed by atoms with E-state index in [1.807, 2.05) is 0 Å². The number of nitrogens with two attached hydrogens (primary N) is 1. The van der Waals surface area contributed by atoms with Crippen molar-refractivity contribution in [3.05, 3.63) is 33.9 Å². The van der Waals surface area contributed by atoms with E-state index in [9.17, 15) is 14.9 Å². The van der Waals surface area contributed by atoms with Crippen molar-refractivity contribution in [2.75, 3.05) is 12.0 Å². The van der Waals surface area contributed by atoms with Crippen molar-refractivity contribution in [2.45, 2.75) is 26.7 Å². The predicted molar refractivity (Wildman–Crippen MR) is 77.3 cm³/mol. The first-order chi connectivity index (χ1) is 9.47. The van der Waals surface area contributed by atoms with Gasteiger partial charge in [-0.15, -0.1) is 0 Å². The number of nitro benzene ring substituents is 1. The molecule has 0 spiro atoms. The molecular formula is C13H20N4O3. The van der Waals surface area contributed by atoms with Gasteiger partial charge in [-0.3, -0.25) is 20.8 Å². The molecule has 20 heavy (non-hydrogen) atoms. The van der Waals surface area contributed by atoms with Crippen molar-refractivity contribution in [1.82, 2.24) is 5.32 Å². The van der Waals surface area contributed by atoms with E-state index in [0.717, 1.165) is 12.8 Å². The Hall–Kier alpha value is -2.15. The maximum absolute atomic E-state index is 12.0. The standard InChI is InChI=1S/C13H20N4O3/c1-9(2)5-4-8-15-13(18)10-6-3-7-11(17(19)20)12(10)16-14/h3,6-7,9,16H,4-5,8,14H2,1-2H3,(H,15,18). The molecule has 0 atom stereocenters. The normalized spacial score (nSPS) is 10.4. The smallest absolute Gasteiger partial charge is 0.294 e. The molecule has 0 saturated heterocycles. The Bertz CT molecular complexity index is 489. The highest BCUT2D eigenvalue weighted by atomic mass is 16.6. The minimum atomic E-state index is -0.579. The lowest BCUT2D eigenvalue weighted by Crippen LogP contribution is -2.26. The Morgan fingerprint density at radius 3 is 2.70 bits per heavy atom. The lowest BCUT2D eigenvalue weighted by molar-refractivity contribution is -0.384. The van der Waals surface area contributed by atoms with Crippen molar-refractivity contribution in [3.63, 3.8) is 0 Å². The molecule has 0 bridgehead atoms. The number of nitrogens with one attached hydrogen (secondary N) is 2. The Morgan fingerprint density at radius 2 is 2.15 bits per heavy atom. The summed E-state index contributed by atoms with van der Waals surface area (Å²) in [6, 6.07) is 4.26. The second-order valence-corrected chi connectivity index (χ2v) is 4.89. The number of hydrogen-bond acceptors (Lipinski definition) is 5. The second-order valence-electron chi connectivity index (χ2n) is 4.89. The zero-order valence-corrected chi connectivity index (χ0v) is 11.7. The fraction of sp³-hybridized carbons (Fsp3) is 0.462. The fourth-order valence-corrected chi connectivity index (χ4v) is 1.84. The van der Waals surface area contributed by atoms with Crippen LogP contribution in [-0.2, 0) is 0 Å². The maximum atomic E-state index is 12.0. The maximum Gasteiger partial charge on any atom is 0.294 e. The molecule has 0 aliphatic carbocycles. The number of rotatable bonds is 7. The van der Waals surface area contributed by atoms with Crippen LogP contribution in [0.15, 0.2) is 18.2 Å². The molecule has 0 aromatic heterocycles. The van der Waals surface area contributed by atoms with Crippen molar-refractivity contribution in [1.29, 1.82) is 0 Å². The molecule has 1 aromatic rings. The third-order valence-corrected chi connectivity index (χ3v) is 2.87. The van der Waals surface area contributed by atoms with E-state index >= 15 is 0 Å². The summed E-state index contributed by atoms with van der Waals surface area (Å²) in [5.41, 5.74) is 2.21. The topological polar surface area (TPSA) is 110 Å². The first kappa shape index (κ1) is 15.9. The van der Waals surface area contributed by atoms with Crippen LogP contribution in [0.25, 0.3) is 0 Å². The highest BCUT2D eigenvalue weighted by Crippen LogP contribution is 2.27. The van der Waals surface area contributed by atoms with Gasteiger partial charge in [-0.25, -0.2) is 0 Å². The van der Waals surface area contributed by atoms with E-state index in [0.29, 0.717) is 12.5 Å². The average molecular weight is 280 g/mol. The van der Waals surface area contributed by atoms with Crippen LogP contribution in [0.4, 0.5) is 11.4 Å². The summed E-state index contributed by atoms with van der Waals surface area (Å²) < 4.78 is 0. The zero-order chi connectivity index (χ0) is 15.1. The number of carbonyl (C=O) groups is 1. The van der Waals surface area contributed by atoms with Crippen LogP contribution >= 0.6 is 0 Å². The third kappa shape index (κ3) is 4.20. The molecule has 0 aliphatic rings. The van der Waals surface area contributed by atoms with Crippen LogP contribution in [0.5, 0.6) is 0 Å². The van der Waals surface area contributed by atoms with Crippen LogP contribution < -0.4 is 16.6 Å². The van der Waals surface area contributed by atoms with Gasteiger partial charge in [-0.05, 0) is 24.8 Å². The van der Waals surface area contributed by atoms with Crippen LogP contribution in [0.3, 0.4) is 0 Å². The number of nitrogen functional groups attached to an aromatic ring is 1. The Labute approximate surface area is 117 Å². The average Bonchev–Trinajstić information content (AvgIpc) is 2.42. The van der Waals surface area contributed by atoms with Gasteiger partial charge in [0.1, 0.15) is 5.69 Å². The molecule has 0 radical (unpaired) electrons. The van der Waals surface area contributed by atoms with E-state index in [2.05, 4.69) is 24.6 Å². The van der Waals surface area contributed by atoms with E-state index in [4.69, 9.17) is 5.84 Å². The molecule has 0 unspecified atom stereocenters.